The predicted molar refractivity (Wildman–Crippen MR) is 105 cm³/mol. The van der Waals surface area contributed by atoms with Crippen molar-refractivity contribution in [3.63, 3.8) is 0 Å². The van der Waals surface area contributed by atoms with Gasteiger partial charge in [-0.3, -0.25) is 4.79 Å². The summed E-state index contributed by atoms with van der Waals surface area (Å²) >= 11 is 6.10. The fraction of sp³-hybridized carbons (Fsp3) is 0.105. The van der Waals surface area contributed by atoms with Crippen LogP contribution in [0.15, 0.2) is 60.9 Å². The maximum atomic E-state index is 12.3. The summed E-state index contributed by atoms with van der Waals surface area (Å²) in [7, 11) is 3.92. The molecule has 0 bridgehead atoms. The van der Waals surface area contributed by atoms with E-state index in [1.807, 2.05) is 61.5 Å². The van der Waals surface area contributed by atoms with Crippen LogP contribution < -0.4 is 15.5 Å². The van der Waals surface area contributed by atoms with E-state index in [0.717, 1.165) is 11.4 Å². The van der Waals surface area contributed by atoms with Crippen LogP contribution in [0, 0.1) is 0 Å². The molecule has 3 aromatic rings. The van der Waals surface area contributed by atoms with Crippen molar-refractivity contribution in [1.82, 2.24) is 9.97 Å². The van der Waals surface area contributed by atoms with E-state index in [1.165, 1.54) is 12.4 Å². The highest BCUT2D eigenvalue weighted by Crippen LogP contribution is 2.23. The monoisotopic (exact) mass is 367 g/mol. The summed E-state index contributed by atoms with van der Waals surface area (Å²) in [6.07, 6.45) is 2.91. The molecule has 0 saturated heterocycles. The average Bonchev–Trinajstić information content (AvgIpc) is 2.64. The van der Waals surface area contributed by atoms with Gasteiger partial charge in [-0.05, 0) is 36.4 Å². The van der Waals surface area contributed by atoms with Gasteiger partial charge in [-0.2, -0.15) is 0 Å². The molecule has 0 aliphatic rings. The second-order valence-corrected chi connectivity index (χ2v) is 6.19. The van der Waals surface area contributed by atoms with Gasteiger partial charge >= 0.3 is 0 Å². The molecule has 7 heteroatoms. The lowest BCUT2D eigenvalue weighted by Crippen LogP contribution is -2.14. The Morgan fingerprint density at radius 2 is 1.73 bits per heavy atom. The number of para-hydroxylation sites is 1. The molecule has 26 heavy (non-hydrogen) atoms. The zero-order chi connectivity index (χ0) is 18.5. The molecule has 1 heterocycles. The van der Waals surface area contributed by atoms with Crippen LogP contribution in [0.2, 0.25) is 5.02 Å². The molecule has 0 fully saturated rings. The molecule has 0 atom stereocenters. The Morgan fingerprint density at radius 3 is 2.35 bits per heavy atom. The van der Waals surface area contributed by atoms with Crippen LogP contribution in [0.25, 0.3) is 0 Å². The average molecular weight is 368 g/mol. The largest absolute Gasteiger partial charge is 0.378 e. The molecule has 0 unspecified atom stereocenters. The summed E-state index contributed by atoms with van der Waals surface area (Å²) in [4.78, 5) is 22.7. The third-order valence-corrected chi connectivity index (χ3v) is 3.99. The standard InChI is InChI=1S/C19H18ClN5O/c1-25(2)14-9-7-13(8-10-14)23-19(26)17-11-22-18(12-21-17)24-16-6-4-3-5-15(16)20/h3-12H,1-2H3,(H,22,24)(H,23,26). The van der Waals surface area contributed by atoms with E-state index in [1.54, 1.807) is 6.07 Å². The fourth-order valence-corrected chi connectivity index (χ4v) is 2.43. The first-order valence-electron chi connectivity index (χ1n) is 7.95. The van der Waals surface area contributed by atoms with Gasteiger partial charge < -0.3 is 15.5 Å². The number of benzene rings is 2. The van der Waals surface area contributed by atoms with Gasteiger partial charge in [0, 0.05) is 25.5 Å². The number of carbonyl (C=O) groups is 1. The van der Waals surface area contributed by atoms with Crippen LogP contribution >= 0.6 is 11.6 Å². The second-order valence-electron chi connectivity index (χ2n) is 5.79. The van der Waals surface area contributed by atoms with Crippen LogP contribution in [0.4, 0.5) is 22.9 Å². The van der Waals surface area contributed by atoms with Crippen molar-refractivity contribution in [2.24, 2.45) is 0 Å². The van der Waals surface area contributed by atoms with Gasteiger partial charge in [-0.25, -0.2) is 9.97 Å². The van der Waals surface area contributed by atoms with Gasteiger partial charge in [0.05, 0.1) is 23.1 Å². The lowest BCUT2D eigenvalue weighted by Gasteiger charge is -2.13. The lowest BCUT2D eigenvalue weighted by molar-refractivity contribution is 0.102. The number of hydrogen-bond donors (Lipinski definition) is 2. The molecule has 0 saturated carbocycles. The number of nitrogens with zero attached hydrogens (tertiary/aromatic N) is 3. The van der Waals surface area contributed by atoms with Crippen molar-refractivity contribution >= 4 is 40.4 Å². The summed E-state index contributed by atoms with van der Waals surface area (Å²) in [5, 5.41) is 6.44. The summed E-state index contributed by atoms with van der Waals surface area (Å²) in [5.74, 6) is 0.185. The zero-order valence-corrected chi connectivity index (χ0v) is 15.2. The fourth-order valence-electron chi connectivity index (χ4n) is 2.25. The molecule has 1 amide bonds. The Kier molecular flexibility index (Phi) is 5.34. The van der Waals surface area contributed by atoms with Crippen molar-refractivity contribution in [2.75, 3.05) is 29.6 Å². The molecule has 0 spiro atoms. The highest BCUT2D eigenvalue weighted by atomic mass is 35.5. The SMILES string of the molecule is CN(C)c1ccc(NC(=O)c2cnc(Nc3ccccc3Cl)cn2)cc1. The minimum Gasteiger partial charge on any atom is -0.378 e. The van der Waals surface area contributed by atoms with E-state index >= 15 is 0 Å². The van der Waals surface area contributed by atoms with Crippen molar-refractivity contribution in [2.45, 2.75) is 0 Å². The summed E-state index contributed by atoms with van der Waals surface area (Å²) in [6.45, 7) is 0. The van der Waals surface area contributed by atoms with E-state index in [-0.39, 0.29) is 11.6 Å². The summed E-state index contributed by atoms with van der Waals surface area (Å²) in [5.41, 5.74) is 2.70. The Hall–Kier alpha value is -3.12. The zero-order valence-electron chi connectivity index (χ0n) is 14.4. The highest BCUT2D eigenvalue weighted by molar-refractivity contribution is 6.33. The van der Waals surface area contributed by atoms with Crippen LogP contribution in [0.3, 0.4) is 0 Å². The molecular formula is C19H18ClN5O. The summed E-state index contributed by atoms with van der Waals surface area (Å²) in [6, 6.07) is 14.9. The topological polar surface area (TPSA) is 70.2 Å². The van der Waals surface area contributed by atoms with Gasteiger partial charge in [0.25, 0.3) is 5.91 Å². The van der Waals surface area contributed by atoms with Crippen molar-refractivity contribution in [1.29, 1.82) is 0 Å². The summed E-state index contributed by atoms with van der Waals surface area (Å²) < 4.78 is 0. The van der Waals surface area contributed by atoms with E-state index < -0.39 is 0 Å². The Bertz CT molecular complexity index is 895. The number of nitrogens with one attached hydrogen (secondary N) is 2. The molecule has 1 aromatic heterocycles. The molecule has 2 N–H and O–H groups in total. The minimum absolute atomic E-state index is 0.228. The first kappa shape index (κ1) is 17.7. The van der Waals surface area contributed by atoms with Crippen LogP contribution in [0.5, 0.6) is 0 Å². The number of halogens is 1. The molecule has 0 aliphatic heterocycles. The van der Waals surface area contributed by atoms with E-state index in [4.69, 9.17) is 11.6 Å². The predicted octanol–water partition coefficient (Wildman–Crippen LogP) is 4.19. The van der Waals surface area contributed by atoms with Crippen LogP contribution in [-0.2, 0) is 0 Å². The quantitative estimate of drug-likeness (QED) is 0.707. The van der Waals surface area contributed by atoms with Crippen LogP contribution in [-0.4, -0.2) is 30.0 Å². The molecule has 3 rings (SSSR count). The van der Waals surface area contributed by atoms with E-state index in [2.05, 4.69) is 20.6 Å². The molecule has 0 aliphatic carbocycles. The third kappa shape index (κ3) is 4.29. The van der Waals surface area contributed by atoms with Crippen molar-refractivity contribution < 1.29 is 4.79 Å². The number of amides is 1. The smallest absolute Gasteiger partial charge is 0.275 e. The first-order valence-corrected chi connectivity index (χ1v) is 8.33. The Labute approximate surface area is 156 Å². The van der Waals surface area contributed by atoms with Gasteiger partial charge in [0.2, 0.25) is 0 Å². The van der Waals surface area contributed by atoms with Gasteiger partial charge in [0.1, 0.15) is 11.5 Å². The number of rotatable bonds is 5. The lowest BCUT2D eigenvalue weighted by atomic mass is 10.2. The van der Waals surface area contributed by atoms with E-state index in [0.29, 0.717) is 16.5 Å². The van der Waals surface area contributed by atoms with Crippen molar-refractivity contribution in [3.05, 3.63) is 71.6 Å². The first-order chi connectivity index (χ1) is 12.5. The maximum absolute atomic E-state index is 12.3. The number of aromatic nitrogens is 2. The normalized spacial score (nSPS) is 10.3. The minimum atomic E-state index is -0.320. The number of hydrogen-bond acceptors (Lipinski definition) is 5. The molecule has 132 valence electrons. The third-order valence-electron chi connectivity index (χ3n) is 3.66. The molecule has 0 radical (unpaired) electrons. The molecule has 2 aromatic carbocycles. The van der Waals surface area contributed by atoms with Gasteiger partial charge in [-0.1, -0.05) is 23.7 Å². The Balaban J connectivity index is 1.66. The van der Waals surface area contributed by atoms with Crippen molar-refractivity contribution in [3.8, 4) is 0 Å². The van der Waals surface area contributed by atoms with Gasteiger partial charge in [0.15, 0.2) is 0 Å². The highest BCUT2D eigenvalue weighted by Gasteiger charge is 2.09. The maximum Gasteiger partial charge on any atom is 0.275 e. The molecular weight excluding hydrogens is 350 g/mol. The number of anilines is 4. The number of carbonyl (C=O) groups excluding carboxylic acids is 1. The van der Waals surface area contributed by atoms with E-state index in [9.17, 15) is 4.79 Å². The Morgan fingerprint density at radius 1 is 1.00 bits per heavy atom. The second kappa shape index (κ2) is 7.84. The molecule has 6 nitrogen and oxygen atoms in total. The van der Waals surface area contributed by atoms with Crippen LogP contribution in [0.1, 0.15) is 10.5 Å². The van der Waals surface area contributed by atoms with Gasteiger partial charge in [-0.15, -0.1) is 0 Å².